The summed E-state index contributed by atoms with van der Waals surface area (Å²) in [6, 6.07) is 16.3. The van der Waals surface area contributed by atoms with Gasteiger partial charge in [-0.2, -0.15) is 11.8 Å². The molecule has 0 fully saturated rings. The first-order valence-corrected chi connectivity index (χ1v) is 10.5. The number of thioether (sulfide) groups is 2. The molecule has 0 radical (unpaired) electrons. The predicted octanol–water partition coefficient (Wildman–Crippen LogP) is 4.93. The van der Waals surface area contributed by atoms with Crippen molar-refractivity contribution >= 4 is 41.0 Å². The van der Waals surface area contributed by atoms with Gasteiger partial charge in [0.05, 0.1) is 5.75 Å². The summed E-state index contributed by atoms with van der Waals surface area (Å²) < 4.78 is 0. The highest BCUT2D eigenvalue weighted by molar-refractivity contribution is 7.99. The van der Waals surface area contributed by atoms with E-state index >= 15 is 0 Å². The summed E-state index contributed by atoms with van der Waals surface area (Å²) in [5.74, 6) is 3.35. The molecule has 0 aliphatic rings. The van der Waals surface area contributed by atoms with Crippen LogP contribution < -0.4 is 5.32 Å². The molecule has 0 heterocycles. The van der Waals surface area contributed by atoms with Crippen LogP contribution in [-0.4, -0.2) is 24.0 Å². The zero-order chi connectivity index (χ0) is 17.2. The molecule has 0 unspecified atom stereocenters. The second kappa shape index (κ2) is 10.7. The van der Waals surface area contributed by atoms with Crippen LogP contribution in [0.1, 0.15) is 16.7 Å². The molecular weight excluding hydrogens is 358 g/mol. The second-order valence-electron chi connectivity index (χ2n) is 5.51. The molecule has 0 bridgehead atoms. The number of aryl methyl sites for hydroxylation is 1. The summed E-state index contributed by atoms with van der Waals surface area (Å²) in [6.07, 6.45) is 0. The summed E-state index contributed by atoms with van der Waals surface area (Å²) in [4.78, 5) is 11.8. The highest BCUT2D eigenvalue weighted by atomic mass is 35.5. The Balaban J connectivity index is 1.51. The Bertz CT molecular complexity index is 629. The van der Waals surface area contributed by atoms with Gasteiger partial charge >= 0.3 is 0 Å². The number of benzene rings is 2. The number of hydrogen-bond acceptors (Lipinski definition) is 3. The summed E-state index contributed by atoms with van der Waals surface area (Å²) >= 11 is 9.32. The molecule has 0 saturated carbocycles. The van der Waals surface area contributed by atoms with Crippen LogP contribution >= 0.6 is 35.1 Å². The topological polar surface area (TPSA) is 29.1 Å². The van der Waals surface area contributed by atoms with Crippen LogP contribution in [0.4, 0.5) is 0 Å². The van der Waals surface area contributed by atoms with Crippen LogP contribution in [0.5, 0.6) is 0 Å². The first-order chi connectivity index (χ1) is 11.6. The van der Waals surface area contributed by atoms with Crippen molar-refractivity contribution < 1.29 is 4.79 Å². The van der Waals surface area contributed by atoms with Crippen molar-refractivity contribution in [3.05, 3.63) is 70.2 Å². The first-order valence-electron chi connectivity index (χ1n) is 7.85. The number of carbonyl (C=O) groups excluding carboxylic acids is 1. The molecule has 128 valence electrons. The number of carbonyl (C=O) groups is 1. The van der Waals surface area contributed by atoms with Crippen LogP contribution in [0.3, 0.4) is 0 Å². The monoisotopic (exact) mass is 379 g/mol. The molecule has 24 heavy (non-hydrogen) atoms. The van der Waals surface area contributed by atoms with E-state index in [1.54, 1.807) is 11.8 Å². The molecule has 0 aromatic heterocycles. The molecule has 5 heteroatoms. The van der Waals surface area contributed by atoms with E-state index in [2.05, 4.69) is 36.5 Å². The van der Waals surface area contributed by atoms with E-state index in [0.717, 1.165) is 22.3 Å². The van der Waals surface area contributed by atoms with Gasteiger partial charge in [0, 0.05) is 28.8 Å². The average Bonchev–Trinajstić information content (AvgIpc) is 2.58. The van der Waals surface area contributed by atoms with Gasteiger partial charge in [0.1, 0.15) is 0 Å². The maximum absolute atomic E-state index is 11.8. The fourth-order valence-corrected chi connectivity index (χ4v) is 3.79. The van der Waals surface area contributed by atoms with E-state index in [1.807, 2.05) is 36.0 Å². The lowest BCUT2D eigenvalue weighted by Gasteiger charge is -2.06. The molecule has 0 aliphatic carbocycles. The molecule has 0 saturated heterocycles. The molecule has 0 aliphatic heterocycles. The van der Waals surface area contributed by atoms with Gasteiger partial charge in [0.15, 0.2) is 0 Å². The Kier molecular flexibility index (Phi) is 8.57. The Hall–Kier alpha value is -1.10. The zero-order valence-electron chi connectivity index (χ0n) is 13.8. The number of halogens is 1. The summed E-state index contributed by atoms with van der Waals surface area (Å²) in [7, 11) is 0. The second-order valence-corrected chi connectivity index (χ2v) is 8.03. The van der Waals surface area contributed by atoms with E-state index in [9.17, 15) is 4.79 Å². The third-order valence-corrected chi connectivity index (χ3v) is 5.66. The largest absolute Gasteiger partial charge is 0.355 e. The van der Waals surface area contributed by atoms with Crippen molar-refractivity contribution in [3.63, 3.8) is 0 Å². The van der Waals surface area contributed by atoms with Gasteiger partial charge < -0.3 is 5.32 Å². The lowest BCUT2D eigenvalue weighted by atomic mass is 10.2. The van der Waals surface area contributed by atoms with Gasteiger partial charge in [-0.3, -0.25) is 4.79 Å². The fourth-order valence-electron chi connectivity index (χ4n) is 2.03. The summed E-state index contributed by atoms with van der Waals surface area (Å²) in [5.41, 5.74) is 3.78. The number of rotatable bonds is 9. The van der Waals surface area contributed by atoms with Gasteiger partial charge in [-0.25, -0.2) is 0 Å². The van der Waals surface area contributed by atoms with Gasteiger partial charge in [0.2, 0.25) is 5.91 Å². The maximum atomic E-state index is 11.8. The lowest BCUT2D eigenvalue weighted by molar-refractivity contribution is -0.118. The van der Waals surface area contributed by atoms with Crippen LogP contribution in [0.25, 0.3) is 0 Å². The van der Waals surface area contributed by atoms with Crippen LogP contribution in [0.15, 0.2) is 48.5 Å². The van der Waals surface area contributed by atoms with Gasteiger partial charge in [-0.1, -0.05) is 53.6 Å². The van der Waals surface area contributed by atoms with Gasteiger partial charge in [0.25, 0.3) is 0 Å². The third-order valence-electron chi connectivity index (χ3n) is 3.37. The molecule has 0 spiro atoms. The van der Waals surface area contributed by atoms with Crippen molar-refractivity contribution in [1.29, 1.82) is 0 Å². The van der Waals surface area contributed by atoms with Crippen molar-refractivity contribution in [2.45, 2.75) is 18.4 Å². The Morgan fingerprint density at radius 3 is 2.21 bits per heavy atom. The van der Waals surface area contributed by atoms with Gasteiger partial charge in [-0.05, 0) is 30.2 Å². The van der Waals surface area contributed by atoms with Crippen molar-refractivity contribution in [2.24, 2.45) is 0 Å². The molecule has 2 rings (SSSR count). The van der Waals surface area contributed by atoms with Crippen LogP contribution in [-0.2, 0) is 16.3 Å². The summed E-state index contributed by atoms with van der Waals surface area (Å²) in [6.45, 7) is 2.79. The van der Waals surface area contributed by atoms with Crippen molar-refractivity contribution in [1.82, 2.24) is 5.32 Å². The van der Waals surface area contributed by atoms with E-state index in [0.29, 0.717) is 12.3 Å². The van der Waals surface area contributed by atoms with E-state index in [-0.39, 0.29) is 5.91 Å². The molecule has 2 aromatic carbocycles. The van der Waals surface area contributed by atoms with Gasteiger partial charge in [-0.15, -0.1) is 11.8 Å². The minimum Gasteiger partial charge on any atom is -0.355 e. The smallest absolute Gasteiger partial charge is 0.230 e. The number of hydrogen-bond donors (Lipinski definition) is 1. The third kappa shape index (κ3) is 7.65. The fraction of sp³-hybridized carbons (Fsp3) is 0.316. The number of amides is 1. The SMILES string of the molecule is Cc1ccc(CSCC(=O)NCCSCc2ccc(Cl)cc2)cc1. The highest BCUT2D eigenvalue weighted by Gasteiger charge is 2.02. The minimum atomic E-state index is 0.110. The summed E-state index contributed by atoms with van der Waals surface area (Å²) in [5, 5.41) is 3.73. The average molecular weight is 380 g/mol. The van der Waals surface area contributed by atoms with Crippen LogP contribution in [0, 0.1) is 6.92 Å². The van der Waals surface area contributed by atoms with E-state index in [1.165, 1.54) is 16.7 Å². The van der Waals surface area contributed by atoms with E-state index < -0.39 is 0 Å². The molecule has 0 atom stereocenters. The van der Waals surface area contributed by atoms with Crippen LogP contribution in [0.2, 0.25) is 5.02 Å². The maximum Gasteiger partial charge on any atom is 0.230 e. The van der Waals surface area contributed by atoms with Crippen molar-refractivity contribution in [3.8, 4) is 0 Å². The molecular formula is C19H22ClNOS2. The quantitative estimate of drug-likeness (QED) is 0.626. The molecule has 2 nitrogen and oxygen atoms in total. The van der Waals surface area contributed by atoms with E-state index in [4.69, 9.17) is 11.6 Å². The first kappa shape index (κ1) is 19.2. The molecule has 1 N–H and O–H groups in total. The Morgan fingerprint density at radius 1 is 0.958 bits per heavy atom. The Morgan fingerprint density at radius 2 is 1.54 bits per heavy atom. The predicted molar refractivity (Wildman–Crippen MR) is 108 cm³/mol. The Labute approximate surface area is 157 Å². The zero-order valence-corrected chi connectivity index (χ0v) is 16.1. The van der Waals surface area contributed by atoms with Crippen molar-refractivity contribution in [2.75, 3.05) is 18.1 Å². The lowest BCUT2D eigenvalue weighted by Crippen LogP contribution is -2.27. The highest BCUT2D eigenvalue weighted by Crippen LogP contribution is 2.15. The number of nitrogens with one attached hydrogen (secondary N) is 1. The molecule has 2 aromatic rings. The molecule has 1 amide bonds. The standard InChI is InChI=1S/C19H22ClNOS2/c1-15-2-4-16(5-3-15)13-24-14-19(22)21-10-11-23-12-17-6-8-18(20)9-7-17/h2-9H,10-14H2,1H3,(H,21,22). The minimum absolute atomic E-state index is 0.110. The normalized spacial score (nSPS) is 10.6.